The number of halogens is 1. The van der Waals surface area contributed by atoms with Gasteiger partial charge in [-0.2, -0.15) is 0 Å². The monoisotopic (exact) mass is 263 g/mol. The van der Waals surface area contributed by atoms with Crippen LogP contribution >= 0.6 is 27.3 Å². The molecule has 0 aliphatic heterocycles. The molecule has 0 fully saturated rings. The van der Waals surface area contributed by atoms with E-state index in [0.717, 1.165) is 16.6 Å². The van der Waals surface area contributed by atoms with Crippen LogP contribution in [0.4, 0.5) is 0 Å². The Hall–Kier alpha value is 0.1000. The topological polar surface area (TPSA) is 32.3 Å². The van der Waals surface area contributed by atoms with E-state index in [-0.39, 0.29) is 6.61 Å². The molecule has 1 rings (SSSR count). The Morgan fingerprint density at radius 3 is 2.85 bits per heavy atom. The van der Waals surface area contributed by atoms with Crippen molar-refractivity contribution < 1.29 is 5.11 Å². The molecule has 0 spiro atoms. The molecule has 1 heterocycles. The highest BCUT2D eigenvalue weighted by atomic mass is 79.9. The van der Waals surface area contributed by atoms with Gasteiger partial charge in [0.1, 0.15) is 0 Å². The van der Waals surface area contributed by atoms with Gasteiger partial charge >= 0.3 is 0 Å². The summed E-state index contributed by atoms with van der Waals surface area (Å²) < 4.78 is 1.16. The van der Waals surface area contributed by atoms with Crippen molar-refractivity contribution in [2.75, 3.05) is 13.7 Å². The Morgan fingerprint density at radius 1 is 1.62 bits per heavy atom. The lowest BCUT2D eigenvalue weighted by molar-refractivity contribution is 0.277. The average molecular weight is 264 g/mol. The number of aliphatic hydroxyl groups excluding tert-OH is 1. The quantitative estimate of drug-likeness (QED) is 0.856. The summed E-state index contributed by atoms with van der Waals surface area (Å²) in [7, 11) is 1.95. The summed E-state index contributed by atoms with van der Waals surface area (Å²) in [5.41, 5.74) is 0. The van der Waals surface area contributed by atoms with Crippen molar-refractivity contribution in [1.82, 2.24) is 5.32 Å². The van der Waals surface area contributed by atoms with Crippen LogP contribution in [-0.4, -0.2) is 18.8 Å². The van der Waals surface area contributed by atoms with Crippen LogP contribution in [0.3, 0.4) is 0 Å². The summed E-state index contributed by atoms with van der Waals surface area (Å²) in [5.74, 6) is 0. The van der Waals surface area contributed by atoms with Crippen LogP contribution in [0, 0.1) is 0 Å². The summed E-state index contributed by atoms with van der Waals surface area (Å²) in [5, 5.41) is 12.0. The van der Waals surface area contributed by atoms with Gasteiger partial charge in [0.05, 0.1) is 3.79 Å². The minimum atomic E-state index is 0.269. The van der Waals surface area contributed by atoms with Gasteiger partial charge in [-0.15, -0.1) is 11.3 Å². The molecular weight excluding hydrogens is 250 g/mol. The van der Waals surface area contributed by atoms with E-state index in [1.165, 1.54) is 4.88 Å². The predicted octanol–water partition coefficient (Wildman–Crippen LogP) is 2.54. The minimum absolute atomic E-state index is 0.269. The molecule has 2 nitrogen and oxygen atoms in total. The number of hydrogen-bond donors (Lipinski definition) is 2. The molecule has 0 aliphatic rings. The summed E-state index contributed by atoms with van der Waals surface area (Å²) >= 11 is 5.18. The molecule has 0 saturated heterocycles. The highest BCUT2D eigenvalue weighted by Crippen LogP contribution is 2.29. The highest BCUT2D eigenvalue weighted by Gasteiger charge is 2.10. The van der Waals surface area contributed by atoms with Gasteiger partial charge in [-0.25, -0.2) is 0 Å². The Morgan fingerprint density at radius 2 is 2.38 bits per heavy atom. The Kier molecular flexibility index (Phi) is 4.94. The molecule has 0 aliphatic carbocycles. The smallest absolute Gasteiger partial charge is 0.0701 e. The lowest BCUT2D eigenvalue weighted by atomic mass is 10.1. The lowest BCUT2D eigenvalue weighted by Gasteiger charge is -2.12. The van der Waals surface area contributed by atoms with Crippen LogP contribution in [0.1, 0.15) is 23.8 Å². The molecule has 0 saturated carbocycles. The van der Waals surface area contributed by atoms with Crippen LogP contribution in [0.2, 0.25) is 0 Å². The van der Waals surface area contributed by atoms with Crippen molar-refractivity contribution in [2.24, 2.45) is 0 Å². The molecule has 1 aromatic rings. The Bertz CT molecular complexity index is 252. The molecule has 4 heteroatoms. The molecule has 1 aromatic heterocycles. The zero-order valence-electron chi connectivity index (χ0n) is 7.59. The zero-order chi connectivity index (χ0) is 9.68. The van der Waals surface area contributed by atoms with Gasteiger partial charge in [0.2, 0.25) is 0 Å². The molecule has 13 heavy (non-hydrogen) atoms. The van der Waals surface area contributed by atoms with E-state index in [2.05, 4.69) is 33.4 Å². The van der Waals surface area contributed by atoms with Crippen molar-refractivity contribution in [1.29, 1.82) is 0 Å². The van der Waals surface area contributed by atoms with Crippen LogP contribution in [0.15, 0.2) is 15.9 Å². The van der Waals surface area contributed by atoms with Crippen LogP contribution in [0.5, 0.6) is 0 Å². The molecule has 0 bridgehead atoms. The van der Waals surface area contributed by atoms with Crippen molar-refractivity contribution in [3.05, 3.63) is 20.8 Å². The van der Waals surface area contributed by atoms with Crippen molar-refractivity contribution >= 4 is 27.3 Å². The molecule has 74 valence electrons. The third-order valence-electron chi connectivity index (χ3n) is 1.94. The standard InChI is InChI=1S/C9H14BrNOS/c1-11-7(3-2-6-12)8-4-5-9(10)13-8/h4-5,7,11-12H,2-3,6H2,1H3. The van der Waals surface area contributed by atoms with E-state index in [1.54, 1.807) is 11.3 Å². The van der Waals surface area contributed by atoms with Gasteiger partial charge < -0.3 is 10.4 Å². The van der Waals surface area contributed by atoms with E-state index in [1.807, 2.05) is 7.05 Å². The summed E-state index contributed by atoms with van der Waals surface area (Å²) in [6.07, 6.45) is 1.83. The van der Waals surface area contributed by atoms with Gasteiger partial charge in [0.15, 0.2) is 0 Å². The van der Waals surface area contributed by atoms with Gasteiger partial charge in [-0.05, 0) is 48.0 Å². The lowest BCUT2D eigenvalue weighted by Crippen LogP contribution is -2.15. The maximum absolute atomic E-state index is 8.73. The largest absolute Gasteiger partial charge is 0.396 e. The van der Waals surface area contributed by atoms with E-state index >= 15 is 0 Å². The first-order valence-electron chi connectivity index (χ1n) is 4.31. The van der Waals surface area contributed by atoms with Crippen LogP contribution < -0.4 is 5.32 Å². The second-order valence-corrected chi connectivity index (χ2v) is 5.34. The number of hydrogen-bond acceptors (Lipinski definition) is 3. The summed E-state index contributed by atoms with van der Waals surface area (Å²) in [4.78, 5) is 1.32. The van der Waals surface area contributed by atoms with E-state index in [0.29, 0.717) is 6.04 Å². The van der Waals surface area contributed by atoms with Crippen molar-refractivity contribution in [2.45, 2.75) is 18.9 Å². The van der Waals surface area contributed by atoms with Crippen molar-refractivity contribution in [3.8, 4) is 0 Å². The maximum Gasteiger partial charge on any atom is 0.0701 e. The van der Waals surface area contributed by atoms with Gasteiger partial charge in [0.25, 0.3) is 0 Å². The average Bonchev–Trinajstić information content (AvgIpc) is 2.54. The normalized spacial score (nSPS) is 13.2. The highest BCUT2D eigenvalue weighted by molar-refractivity contribution is 9.11. The second-order valence-electron chi connectivity index (χ2n) is 2.85. The third kappa shape index (κ3) is 3.38. The van der Waals surface area contributed by atoms with Gasteiger partial charge in [-0.3, -0.25) is 0 Å². The fraction of sp³-hybridized carbons (Fsp3) is 0.556. The second kappa shape index (κ2) is 5.75. The first-order valence-corrected chi connectivity index (χ1v) is 5.92. The zero-order valence-corrected chi connectivity index (χ0v) is 9.99. The Balaban J connectivity index is 2.56. The minimum Gasteiger partial charge on any atom is -0.396 e. The fourth-order valence-corrected chi connectivity index (χ4v) is 2.81. The maximum atomic E-state index is 8.73. The molecule has 2 N–H and O–H groups in total. The van der Waals surface area contributed by atoms with E-state index in [9.17, 15) is 0 Å². The summed E-state index contributed by atoms with van der Waals surface area (Å²) in [6, 6.07) is 4.56. The van der Waals surface area contributed by atoms with E-state index < -0.39 is 0 Å². The van der Waals surface area contributed by atoms with E-state index in [4.69, 9.17) is 5.11 Å². The van der Waals surface area contributed by atoms with Crippen LogP contribution in [-0.2, 0) is 0 Å². The number of rotatable bonds is 5. The van der Waals surface area contributed by atoms with Gasteiger partial charge in [0, 0.05) is 17.5 Å². The fourth-order valence-electron chi connectivity index (χ4n) is 1.24. The number of aliphatic hydroxyl groups is 1. The molecule has 1 atom stereocenters. The third-order valence-corrected chi connectivity index (χ3v) is 3.67. The van der Waals surface area contributed by atoms with Crippen molar-refractivity contribution in [3.63, 3.8) is 0 Å². The number of nitrogens with one attached hydrogen (secondary N) is 1. The Labute approximate surface area is 91.1 Å². The molecule has 0 aromatic carbocycles. The molecule has 0 radical (unpaired) electrons. The predicted molar refractivity (Wildman–Crippen MR) is 60.1 cm³/mol. The number of thiophene rings is 1. The summed E-state index contributed by atoms with van der Waals surface area (Å²) in [6.45, 7) is 0.269. The first kappa shape index (κ1) is 11.2. The molecule has 0 amide bonds. The molecular formula is C9H14BrNOS. The molecule has 1 unspecified atom stereocenters. The van der Waals surface area contributed by atoms with Crippen LogP contribution in [0.25, 0.3) is 0 Å². The van der Waals surface area contributed by atoms with Gasteiger partial charge in [-0.1, -0.05) is 0 Å². The SMILES string of the molecule is CNC(CCCO)c1ccc(Br)s1. The first-order chi connectivity index (χ1) is 6.27.